The van der Waals surface area contributed by atoms with Gasteiger partial charge in [0.05, 0.1) is 16.0 Å². The largest absolute Gasteiger partial charge is 0.285 e. The number of benzene rings is 1. The molecule has 0 aliphatic rings. The van der Waals surface area contributed by atoms with Crippen LogP contribution in [0, 0.1) is 17.0 Å². The Morgan fingerprint density at radius 1 is 1.43 bits per heavy atom. The average Bonchev–Trinajstić information content (AvgIpc) is 2.90. The van der Waals surface area contributed by atoms with Crippen molar-refractivity contribution in [3.8, 4) is 0 Å². The maximum atomic E-state index is 12.5. The van der Waals surface area contributed by atoms with E-state index in [1.807, 2.05) is 0 Å². The molecule has 1 heterocycles. The molecule has 0 unspecified atom stereocenters. The number of aromatic nitrogens is 2. The van der Waals surface area contributed by atoms with E-state index in [9.17, 15) is 18.5 Å². The van der Waals surface area contributed by atoms with Gasteiger partial charge in [-0.2, -0.15) is 9.40 Å². The first-order chi connectivity index (χ1) is 9.82. The Kier molecular flexibility index (Phi) is 4.05. The summed E-state index contributed by atoms with van der Waals surface area (Å²) in [5.74, 6) is 0. The van der Waals surface area contributed by atoms with Crippen LogP contribution in [0.2, 0.25) is 0 Å². The summed E-state index contributed by atoms with van der Waals surface area (Å²) < 4.78 is 26.1. The Bertz CT molecular complexity index is 756. The number of aromatic amines is 1. The standard InChI is InChI=1S/C12H14N4O4S/c1-9-5-11(16(17)18)3-4-12(9)21(19,20)15(2)8-10-6-13-14-7-10/h3-7H,8H2,1-2H3,(H,13,14). The van der Waals surface area contributed by atoms with Crippen molar-refractivity contribution in [1.29, 1.82) is 0 Å². The molecule has 0 saturated carbocycles. The fourth-order valence-electron chi connectivity index (χ4n) is 1.91. The Morgan fingerprint density at radius 3 is 2.67 bits per heavy atom. The van der Waals surface area contributed by atoms with E-state index < -0.39 is 14.9 Å². The van der Waals surface area contributed by atoms with E-state index in [1.54, 1.807) is 6.20 Å². The molecule has 0 aliphatic heterocycles. The van der Waals surface area contributed by atoms with E-state index in [4.69, 9.17) is 0 Å². The summed E-state index contributed by atoms with van der Waals surface area (Å²) >= 11 is 0. The lowest BCUT2D eigenvalue weighted by Crippen LogP contribution is -2.27. The highest BCUT2D eigenvalue weighted by molar-refractivity contribution is 7.89. The molecule has 21 heavy (non-hydrogen) atoms. The topological polar surface area (TPSA) is 109 Å². The zero-order chi connectivity index (χ0) is 15.6. The summed E-state index contributed by atoms with van der Waals surface area (Å²) in [6.45, 7) is 1.70. The number of nitro groups is 1. The third-order valence-corrected chi connectivity index (χ3v) is 4.98. The third-order valence-electron chi connectivity index (χ3n) is 3.02. The van der Waals surface area contributed by atoms with Crippen LogP contribution in [0.25, 0.3) is 0 Å². The lowest BCUT2D eigenvalue weighted by atomic mass is 10.2. The molecule has 8 nitrogen and oxygen atoms in total. The minimum Gasteiger partial charge on any atom is -0.285 e. The Hall–Kier alpha value is -2.26. The molecular weight excluding hydrogens is 296 g/mol. The van der Waals surface area contributed by atoms with Gasteiger partial charge in [0.2, 0.25) is 10.0 Å². The van der Waals surface area contributed by atoms with Crippen LogP contribution in [0.1, 0.15) is 11.1 Å². The normalized spacial score (nSPS) is 11.8. The van der Waals surface area contributed by atoms with E-state index in [0.717, 1.165) is 5.56 Å². The first kappa shape index (κ1) is 15.1. The SMILES string of the molecule is Cc1cc([N+](=O)[O-])ccc1S(=O)(=O)N(C)Cc1cn[nH]c1. The average molecular weight is 310 g/mol. The van der Waals surface area contributed by atoms with Crippen LogP contribution in [-0.4, -0.2) is 34.9 Å². The molecule has 9 heteroatoms. The highest BCUT2D eigenvalue weighted by Crippen LogP contribution is 2.24. The molecule has 0 atom stereocenters. The first-order valence-electron chi connectivity index (χ1n) is 6.01. The summed E-state index contributed by atoms with van der Waals surface area (Å²) in [7, 11) is -2.27. The van der Waals surface area contributed by atoms with Crippen LogP contribution in [0.15, 0.2) is 35.5 Å². The van der Waals surface area contributed by atoms with Crippen molar-refractivity contribution in [1.82, 2.24) is 14.5 Å². The number of nitro benzene ring substituents is 1. The smallest absolute Gasteiger partial charge is 0.269 e. The van der Waals surface area contributed by atoms with Gasteiger partial charge in [0.15, 0.2) is 0 Å². The molecule has 0 aliphatic carbocycles. The van der Waals surface area contributed by atoms with Crippen LogP contribution in [0.3, 0.4) is 0 Å². The molecule has 0 bridgehead atoms. The number of non-ortho nitro benzene ring substituents is 1. The second-order valence-electron chi connectivity index (χ2n) is 4.57. The monoisotopic (exact) mass is 310 g/mol. The Labute approximate surface area is 121 Å². The lowest BCUT2D eigenvalue weighted by molar-refractivity contribution is -0.385. The van der Waals surface area contributed by atoms with Gasteiger partial charge in [0, 0.05) is 37.5 Å². The molecule has 0 saturated heterocycles. The van der Waals surface area contributed by atoms with Gasteiger partial charge in [-0.25, -0.2) is 8.42 Å². The molecular formula is C12H14N4O4S. The number of rotatable bonds is 5. The lowest BCUT2D eigenvalue weighted by Gasteiger charge is -2.17. The second-order valence-corrected chi connectivity index (χ2v) is 6.59. The van der Waals surface area contributed by atoms with Gasteiger partial charge in [-0.05, 0) is 18.6 Å². The van der Waals surface area contributed by atoms with Gasteiger partial charge in [-0.1, -0.05) is 0 Å². The highest BCUT2D eigenvalue weighted by Gasteiger charge is 2.24. The number of nitrogens with zero attached hydrogens (tertiary/aromatic N) is 3. The molecule has 1 N–H and O–H groups in total. The Morgan fingerprint density at radius 2 is 2.14 bits per heavy atom. The van der Waals surface area contributed by atoms with Crippen molar-refractivity contribution in [3.05, 3.63) is 51.8 Å². The van der Waals surface area contributed by atoms with E-state index in [2.05, 4.69) is 10.2 Å². The zero-order valence-electron chi connectivity index (χ0n) is 11.5. The number of aryl methyl sites for hydroxylation is 1. The van der Waals surface area contributed by atoms with Crippen LogP contribution in [0.4, 0.5) is 5.69 Å². The van der Waals surface area contributed by atoms with Crippen molar-refractivity contribution in [2.24, 2.45) is 0 Å². The number of H-pyrrole nitrogens is 1. The first-order valence-corrected chi connectivity index (χ1v) is 7.45. The van der Waals surface area contributed by atoms with Crippen molar-refractivity contribution >= 4 is 15.7 Å². The van der Waals surface area contributed by atoms with Crippen molar-refractivity contribution in [2.75, 3.05) is 7.05 Å². The van der Waals surface area contributed by atoms with Crippen molar-refractivity contribution in [3.63, 3.8) is 0 Å². The van der Waals surface area contributed by atoms with Gasteiger partial charge < -0.3 is 0 Å². The number of nitrogens with one attached hydrogen (secondary N) is 1. The fraction of sp³-hybridized carbons (Fsp3) is 0.250. The van der Waals surface area contributed by atoms with Crippen LogP contribution in [-0.2, 0) is 16.6 Å². The summed E-state index contributed by atoms with van der Waals surface area (Å²) in [6, 6.07) is 3.69. The van der Waals surface area contributed by atoms with Crippen LogP contribution < -0.4 is 0 Å². The van der Waals surface area contributed by atoms with Gasteiger partial charge >= 0.3 is 0 Å². The van der Waals surface area contributed by atoms with E-state index in [1.165, 1.54) is 42.7 Å². The minimum absolute atomic E-state index is 0.0547. The quantitative estimate of drug-likeness (QED) is 0.664. The van der Waals surface area contributed by atoms with E-state index in [0.29, 0.717) is 5.56 Å². The van der Waals surface area contributed by atoms with Gasteiger partial charge in [-0.15, -0.1) is 0 Å². The molecule has 0 fully saturated rings. The molecule has 1 aromatic heterocycles. The predicted molar refractivity (Wildman–Crippen MR) is 75.1 cm³/mol. The zero-order valence-corrected chi connectivity index (χ0v) is 12.3. The molecule has 2 aromatic rings. The second kappa shape index (κ2) is 5.62. The number of sulfonamides is 1. The van der Waals surface area contributed by atoms with Gasteiger partial charge in [-0.3, -0.25) is 15.2 Å². The van der Waals surface area contributed by atoms with Gasteiger partial charge in [0.1, 0.15) is 0 Å². The van der Waals surface area contributed by atoms with Crippen LogP contribution >= 0.6 is 0 Å². The molecule has 1 aromatic carbocycles. The molecule has 0 amide bonds. The summed E-state index contributed by atoms with van der Waals surface area (Å²) in [6.07, 6.45) is 3.14. The number of hydrogen-bond acceptors (Lipinski definition) is 5. The number of hydrogen-bond donors (Lipinski definition) is 1. The maximum absolute atomic E-state index is 12.5. The predicted octanol–water partition coefficient (Wildman–Crippen LogP) is 1.45. The minimum atomic E-state index is -3.72. The van der Waals surface area contributed by atoms with E-state index in [-0.39, 0.29) is 17.1 Å². The van der Waals surface area contributed by atoms with Crippen molar-refractivity contribution < 1.29 is 13.3 Å². The van der Waals surface area contributed by atoms with Gasteiger partial charge in [0.25, 0.3) is 5.69 Å². The fourth-order valence-corrected chi connectivity index (χ4v) is 3.27. The Balaban J connectivity index is 2.33. The van der Waals surface area contributed by atoms with Crippen LogP contribution in [0.5, 0.6) is 0 Å². The summed E-state index contributed by atoms with van der Waals surface area (Å²) in [4.78, 5) is 10.2. The third kappa shape index (κ3) is 3.09. The highest BCUT2D eigenvalue weighted by atomic mass is 32.2. The van der Waals surface area contributed by atoms with Crippen molar-refractivity contribution in [2.45, 2.75) is 18.4 Å². The summed E-state index contributed by atoms with van der Waals surface area (Å²) in [5, 5.41) is 17.1. The molecule has 2 rings (SSSR count). The maximum Gasteiger partial charge on any atom is 0.269 e. The molecule has 0 spiro atoms. The summed E-state index contributed by atoms with van der Waals surface area (Å²) in [5.41, 5.74) is 0.924. The molecule has 112 valence electrons. The van der Waals surface area contributed by atoms with E-state index >= 15 is 0 Å². The molecule has 0 radical (unpaired) electrons.